The van der Waals surface area contributed by atoms with Crippen molar-refractivity contribution < 1.29 is 4.79 Å². The zero-order valence-electron chi connectivity index (χ0n) is 20.1. The summed E-state index contributed by atoms with van der Waals surface area (Å²) in [6, 6.07) is 11.8. The number of rotatable bonds is 6. The van der Waals surface area contributed by atoms with Crippen molar-refractivity contribution in [3.63, 3.8) is 0 Å². The van der Waals surface area contributed by atoms with E-state index < -0.39 is 11.3 Å². The Kier molecular flexibility index (Phi) is 6.92. The highest BCUT2D eigenvalue weighted by molar-refractivity contribution is 5.87. The number of nitrogen functional groups attached to an aromatic ring is 1. The van der Waals surface area contributed by atoms with Gasteiger partial charge >= 0.3 is 0 Å². The normalized spacial score (nSPS) is 20.2. The second-order valence-electron chi connectivity index (χ2n) is 9.28. The second kappa shape index (κ2) is 9.50. The van der Waals surface area contributed by atoms with Gasteiger partial charge in [-0.15, -0.1) is 0 Å². The first kappa shape index (κ1) is 24.1. The van der Waals surface area contributed by atoms with E-state index in [1.165, 1.54) is 0 Å². The summed E-state index contributed by atoms with van der Waals surface area (Å²) in [5.41, 5.74) is 9.93. The number of likely N-dealkylation sites (N-methyl/N-ethyl adjacent to an activating group) is 1. The third-order valence-electron chi connectivity index (χ3n) is 6.53. The van der Waals surface area contributed by atoms with E-state index in [-0.39, 0.29) is 17.9 Å². The van der Waals surface area contributed by atoms with E-state index in [1.807, 2.05) is 57.3 Å². The molecule has 172 valence electrons. The zero-order valence-corrected chi connectivity index (χ0v) is 20.1. The number of allylic oxidation sites excluding steroid dienone is 1. The van der Waals surface area contributed by atoms with Crippen LogP contribution in [-0.4, -0.2) is 28.9 Å². The standard InChI is InChI=1S/C27H33N5O/c1-7-19(21-13-23(29)15-30-14-21)12-17(2)25-24(26(33)32(6)18(3)31-25)20-8-10-22(11-9-20)27(4,5)16-28/h8-15,19,24-25,31H,3,7,29H2,1-2,4-6H3/b17-12+/t19?,24-,25?/m0/s1. The van der Waals surface area contributed by atoms with Gasteiger partial charge in [-0.3, -0.25) is 9.78 Å². The van der Waals surface area contributed by atoms with Gasteiger partial charge in [-0.1, -0.05) is 49.4 Å². The van der Waals surface area contributed by atoms with Crippen molar-refractivity contribution in [3.8, 4) is 6.07 Å². The Morgan fingerprint density at radius 2 is 2.03 bits per heavy atom. The minimum absolute atomic E-state index is 0.0116. The van der Waals surface area contributed by atoms with E-state index in [2.05, 4.69) is 35.9 Å². The van der Waals surface area contributed by atoms with Gasteiger partial charge in [-0.05, 0) is 49.9 Å². The van der Waals surface area contributed by atoms with Gasteiger partial charge in [-0.2, -0.15) is 5.26 Å². The summed E-state index contributed by atoms with van der Waals surface area (Å²) in [5, 5.41) is 12.9. The summed E-state index contributed by atoms with van der Waals surface area (Å²) < 4.78 is 0. The Morgan fingerprint density at radius 3 is 2.61 bits per heavy atom. The number of benzene rings is 1. The molecule has 1 saturated heterocycles. The van der Waals surface area contributed by atoms with Crippen molar-refractivity contribution in [2.75, 3.05) is 12.8 Å². The van der Waals surface area contributed by atoms with Gasteiger partial charge in [0.2, 0.25) is 5.91 Å². The Balaban J connectivity index is 2.00. The second-order valence-corrected chi connectivity index (χ2v) is 9.28. The molecule has 1 aliphatic heterocycles. The van der Waals surface area contributed by atoms with E-state index in [0.717, 1.165) is 28.7 Å². The van der Waals surface area contributed by atoms with Gasteiger partial charge in [0.1, 0.15) is 5.82 Å². The van der Waals surface area contributed by atoms with Crippen LogP contribution >= 0.6 is 0 Å². The molecule has 1 aromatic carbocycles. The average molecular weight is 444 g/mol. The van der Waals surface area contributed by atoms with E-state index in [1.54, 1.807) is 18.1 Å². The topological polar surface area (TPSA) is 95.0 Å². The van der Waals surface area contributed by atoms with Crippen LogP contribution in [0.2, 0.25) is 0 Å². The number of nitrogens with zero attached hydrogens (tertiary/aromatic N) is 3. The monoisotopic (exact) mass is 443 g/mol. The number of carbonyl (C=O) groups excluding carboxylic acids is 1. The molecule has 6 heteroatoms. The highest BCUT2D eigenvalue weighted by atomic mass is 16.2. The molecule has 0 spiro atoms. The van der Waals surface area contributed by atoms with Gasteiger partial charge in [0.15, 0.2) is 0 Å². The van der Waals surface area contributed by atoms with Crippen LogP contribution in [0, 0.1) is 11.3 Å². The van der Waals surface area contributed by atoms with Crippen LogP contribution in [0.3, 0.4) is 0 Å². The largest absolute Gasteiger partial charge is 0.397 e. The van der Waals surface area contributed by atoms with Gasteiger partial charge in [0.05, 0.1) is 29.1 Å². The lowest BCUT2D eigenvalue weighted by Crippen LogP contribution is -2.52. The predicted octanol–water partition coefficient (Wildman–Crippen LogP) is 4.59. The van der Waals surface area contributed by atoms with Gasteiger partial charge in [-0.25, -0.2) is 0 Å². The summed E-state index contributed by atoms with van der Waals surface area (Å²) in [7, 11) is 1.74. The number of aromatic nitrogens is 1. The number of anilines is 1. The molecule has 0 bridgehead atoms. The van der Waals surface area contributed by atoms with E-state index in [9.17, 15) is 10.1 Å². The Hall–Kier alpha value is -3.59. The van der Waals surface area contributed by atoms with E-state index in [4.69, 9.17) is 5.73 Å². The van der Waals surface area contributed by atoms with Crippen molar-refractivity contribution in [2.45, 2.75) is 57.4 Å². The highest BCUT2D eigenvalue weighted by Crippen LogP contribution is 2.34. The molecule has 1 fully saturated rings. The minimum Gasteiger partial charge on any atom is -0.397 e. The molecule has 0 aliphatic carbocycles. The van der Waals surface area contributed by atoms with Crippen molar-refractivity contribution in [2.24, 2.45) is 0 Å². The van der Waals surface area contributed by atoms with Crippen molar-refractivity contribution in [1.29, 1.82) is 5.26 Å². The smallest absolute Gasteiger partial charge is 0.237 e. The number of nitrogens with one attached hydrogen (secondary N) is 1. The molecule has 1 amide bonds. The third-order valence-corrected chi connectivity index (χ3v) is 6.53. The maximum absolute atomic E-state index is 13.4. The van der Waals surface area contributed by atoms with Crippen LogP contribution in [0.4, 0.5) is 5.69 Å². The SMILES string of the molecule is C=C1NC(/C(C)=C/C(CC)c2cncc(N)c2)[C@H](c2ccc(C(C)(C)C#N)cc2)C(=O)N1C. The molecule has 2 unspecified atom stereocenters. The van der Waals surface area contributed by atoms with Crippen molar-refractivity contribution >= 4 is 11.6 Å². The fourth-order valence-corrected chi connectivity index (χ4v) is 4.28. The third kappa shape index (κ3) is 4.93. The molecule has 33 heavy (non-hydrogen) atoms. The fourth-order valence-electron chi connectivity index (χ4n) is 4.28. The molecule has 2 heterocycles. The molecule has 3 rings (SSSR count). The van der Waals surface area contributed by atoms with Crippen molar-refractivity contribution in [3.05, 3.63) is 83.5 Å². The number of nitriles is 1. The van der Waals surface area contributed by atoms with Crippen LogP contribution in [0.25, 0.3) is 0 Å². The summed E-state index contributed by atoms with van der Waals surface area (Å²) in [5.74, 6) is 0.287. The Bertz CT molecular complexity index is 1110. The molecule has 3 atom stereocenters. The van der Waals surface area contributed by atoms with Crippen LogP contribution in [0.15, 0.2) is 66.8 Å². The molecule has 1 aliphatic rings. The van der Waals surface area contributed by atoms with Gasteiger partial charge < -0.3 is 16.0 Å². The van der Waals surface area contributed by atoms with Crippen LogP contribution in [0.1, 0.15) is 62.6 Å². The van der Waals surface area contributed by atoms with Crippen LogP contribution in [0.5, 0.6) is 0 Å². The predicted molar refractivity (Wildman–Crippen MR) is 132 cm³/mol. The molecule has 2 aromatic rings. The fraction of sp³-hybridized carbons (Fsp3) is 0.370. The summed E-state index contributed by atoms with van der Waals surface area (Å²) in [4.78, 5) is 19.2. The lowest BCUT2D eigenvalue weighted by molar-refractivity contribution is -0.132. The number of nitrogens with two attached hydrogens (primary N) is 1. The number of hydrogen-bond donors (Lipinski definition) is 2. The van der Waals surface area contributed by atoms with Crippen LogP contribution in [-0.2, 0) is 10.2 Å². The molecular weight excluding hydrogens is 410 g/mol. The highest BCUT2D eigenvalue weighted by Gasteiger charge is 2.39. The quantitative estimate of drug-likeness (QED) is 0.637. The molecule has 1 aromatic heterocycles. The van der Waals surface area contributed by atoms with Gasteiger partial charge in [0, 0.05) is 25.4 Å². The van der Waals surface area contributed by atoms with E-state index in [0.29, 0.717) is 11.5 Å². The first-order valence-electron chi connectivity index (χ1n) is 11.2. The Labute approximate surface area is 196 Å². The average Bonchev–Trinajstić information content (AvgIpc) is 2.80. The maximum atomic E-state index is 13.4. The summed E-state index contributed by atoms with van der Waals surface area (Å²) >= 11 is 0. The zero-order chi connectivity index (χ0) is 24.3. The Morgan fingerprint density at radius 1 is 1.36 bits per heavy atom. The molecular formula is C27H33N5O. The molecule has 6 nitrogen and oxygen atoms in total. The number of amides is 1. The molecule has 3 N–H and O–H groups in total. The van der Waals surface area contributed by atoms with Crippen molar-refractivity contribution in [1.82, 2.24) is 15.2 Å². The lowest BCUT2D eigenvalue weighted by Gasteiger charge is -2.40. The number of hydrogen-bond acceptors (Lipinski definition) is 5. The molecule has 0 saturated carbocycles. The van der Waals surface area contributed by atoms with E-state index >= 15 is 0 Å². The first-order valence-corrected chi connectivity index (χ1v) is 11.2. The summed E-state index contributed by atoms with van der Waals surface area (Å²) in [6.07, 6.45) is 6.56. The number of pyridine rings is 1. The van der Waals surface area contributed by atoms with Crippen LogP contribution < -0.4 is 11.1 Å². The first-order chi connectivity index (χ1) is 15.6. The van der Waals surface area contributed by atoms with Gasteiger partial charge in [0.25, 0.3) is 0 Å². The number of carbonyl (C=O) groups is 1. The summed E-state index contributed by atoms with van der Waals surface area (Å²) in [6.45, 7) is 12.0. The molecule has 0 radical (unpaired) electrons. The minimum atomic E-state index is -0.590. The lowest BCUT2D eigenvalue weighted by atomic mass is 9.80. The maximum Gasteiger partial charge on any atom is 0.237 e.